The van der Waals surface area contributed by atoms with E-state index in [9.17, 15) is 0 Å². The van der Waals surface area contributed by atoms with E-state index >= 15 is 0 Å². The lowest BCUT2D eigenvalue weighted by atomic mass is 9.88. The van der Waals surface area contributed by atoms with Crippen LogP contribution in [0.4, 0.5) is 0 Å². The number of ether oxygens (including phenoxy) is 1. The van der Waals surface area contributed by atoms with E-state index < -0.39 is 0 Å². The molecule has 0 saturated carbocycles. The van der Waals surface area contributed by atoms with Gasteiger partial charge in [0, 0.05) is 70.9 Å². The van der Waals surface area contributed by atoms with Crippen molar-refractivity contribution in [3.8, 4) is 23.1 Å². The first-order valence-electron chi connectivity index (χ1n) is 15.9. The van der Waals surface area contributed by atoms with Gasteiger partial charge in [-0.2, -0.15) is 0 Å². The Morgan fingerprint density at radius 1 is 0.468 bits per heavy atom. The van der Waals surface area contributed by atoms with Crippen LogP contribution in [0.1, 0.15) is 52.7 Å². The highest BCUT2D eigenvalue weighted by Crippen LogP contribution is 2.37. The fourth-order valence-electron chi connectivity index (χ4n) is 6.37. The minimum Gasteiger partial charge on any atom is -0.457 e. The molecule has 0 aliphatic rings. The molecular formula is C40H36N6O. The van der Waals surface area contributed by atoms with Crippen molar-refractivity contribution in [1.29, 1.82) is 0 Å². The smallest absolute Gasteiger partial charge is 0.137 e. The van der Waals surface area contributed by atoms with Crippen LogP contribution in [0, 0.1) is 0 Å². The molecule has 47 heavy (non-hydrogen) atoms. The van der Waals surface area contributed by atoms with Gasteiger partial charge in [-0.1, -0.05) is 53.7 Å². The summed E-state index contributed by atoms with van der Waals surface area (Å²) in [6, 6.07) is 25.0. The summed E-state index contributed by atoms with van der Waals surface area (Å²) in [5.74, 6) is 3.17. The molecule has 0 unspecified atom stereocenters. The Morgan fingerprint density at radius 3 is 1.30 bits per heavy atom. The minimum absolute atomic E-state index is 0.0204. The van der Waals surface area contributed by atoms with Gasteiger partial charge >= 0.3 is 0 Å². The predicted molar refractivity (Wildman–Crippen MR) is 190 cm³/mol. The molecule has 0 aliphatic carbocycles. The summed E-state index contributed by atoms with van der Waals surface area (Å²) < 4.78 is 11.0. The standard InChI is InChI=1S/C40H36N6O/c1-39(2,3)25-7-13-37(43-21-25)45-33-15-17-41-23-31(33)29-11-9-27(19-35(29)45)47-28-10-12-30-32-24-42-18-16-34(32)46(36(30)20-28)38-14-8-26(22-44-38)40(4,5)6/h7-24H,1-6H3. The van der Waals surface area contributed by atoms with E-state index in [1.165, 1.54) is 11.1 Å². The average molecular weight is 617 g/mol. The molecule has 7 heteroatoms. The number of nitrogens with zero attached hydrogens (tertiary/aromatic N) is 6. The van der Waals surface area contributed by atoms with Gasteiger partial charge < -0.3 is 4.74 Å². The number of benzene rings is 2. The molecule has 2 aromatic carbocycles. The number of aromatic nitrogens is 6. The van der Waals surface area contributed by atoms with Gasteiger partial charge in [0.2, 0.25) is 0 Å². The Morgan fingerprint density at radius 2 is 0.915 bits per heavy atom. The van der Waals surface area contributed by atoms with Crippen molar-refractivity contribution >= 4 is 43.6 Å². The molecule has 0 spiro atoms. The van der Waals surface area contributed by atoms with Crippen LogP contribution >= 0.6 is 0 Å². The molecule has 232 valence electrons. The fourth-order valence-corrected chi connectivity index (χ4v) is 6.37. The second kappa shape index (κ2) is 10.5. The van der Waals surface area contributed by atoms with E-state index in [2.05, 4.69) is 109 Å². The van der Waals surface area contributed by atoms with Gasteiger partial charge in [-0.05, 0) is 70.5 Å². The highest BCUT2D eigenvalue weighted by molar-refractivity contribution is 6.10. The van der Waals surface area contributed by atoms with Crippen molar-refractivity contribution in [2.24, 2.45) is 0 Å². The van der Waals surface area contributed by atoms with Gasteiger partial charge in [0.15, 0.2) is 0 Å². The molecular weight excluding hydrogens is 580 g/mol. The normalized spacial score (nSPS) is 12.5. The summed E-state index contributed by atoms with van der Waals surface area (Å²) in [5, 5.41) is 4.32. The summed E-state index contributed by atoms with van der Waals surface area (Å²) in [5.41, 5.74) is 6.53. The molecule has 0 aliphatic heterocycles. The molecule has 0 amide bonds. The Hall–Kier alpha value is -5.56. The van der Waals surface area contributed by atoms with Crippen molar-refractivity contribution in [3.05, 3.63) is 121 Å². The van der Waals surface area contributed by atoms with E-state index in [0.29, 0.717) is 0 Å². The molecule has 0 N–H and O–H groups in total. The zero-order valence-corrected chi connectivity index (χ0v) is 27.5. The zero-order chi connectivity index (χ0) is 32.5. The van der Waals surface area contributed by atoms with Crippen molar-refractivity contribution in [2.75, 3.05) is 0 Å². The fraction of sp³-hybridized carbons (Fsp3) is 0.200. The van der Waals surface area contributed by atoms with Gasteiger partial charge in [0.25, 0.3) is 0 Å². The number of fused-ring (bicyclic) bond motifs is 6. The van der Waals surface area contributed by atoms with Crippen molar-refractivity contribution < 1.29 is 4.74 Å². The summed E-state index contributed by atoms with van der Waals surface area (Å²) in [4.78, 5) is 18.7. The maximum atomic E-state index is 6.60. The Labute approximate surface area is 273 Å². The average Bonchev–Trinajstić information content (AvgIpc) is 3.56. The van der Waals surface area contributed by atoms with Crippen LogP contribution in [0.3, 0.4) is 0 Å². The van der Waals surface area contributed by atoms with E-state index in [-0.39, 0.29) is 10.8 Å². The maximum Gasteiger partial charge on any atom is 0.137 e. The second-order valence-electron chi connectivity index (χ2n) is 14.2. The van der Waals surface area contributed by atoms with E-state index in [1.54, 1.807) is 0 Å². The van der Waals surface area contributed by atoms with Crippen molar-refractivity contribution in [3.63, 3.8) is 0 Å². The summed E-state index contributed by atoms with van der Waals surface area (Å²) in [7, 11) is 0. The van der Waals surface area contributed by atoms with Gasteiger partial charge in [0.05, 0.1) is 22.1 Å². The molecule has 0 radical (unpaired) electrons. The molecule has 0 bridgehead atoms. The number of hydrogen-bond acceptors (Lipinski definition) is 5. The molecule has 0 saturated heterocycles. The monoisotopic (exact) mass is 616 g/mol. The highest BCUT2D eigenvalue weighted by atomic mass is 16.5. The highest BCUT2D eigenvalue weighted by Gasteiger charge is 2.19. The molecule has 6 aromatic heterocycles. The quantitative estimate of drug-likeness (QED) is 0.197. The van der Waals surface area contributed by atoms with Crippen LogP contribution in [0.5, 0.6) is 11.5 Å². The second-order valence-corrected chi connectivity index (χ2v) is 14.2. The molecule has 7 nitrogen and oxygen atoms in total. The van der Waals surface area contributed by atoms with Gasteiger partial charge in [0.1, 0.15) is 23.1 Å². The Balaban J connectivity index is 1.24. The molecule has 8 aromatic rings. The van der Waals surface area contributed by atoms with Gasteiger partial charge in [-0.3, -0.25) is 19.1 Å². The molecule has 0 atom stereocenters. The number of rotatable bonds is 4. The zero-order valence-electron chi connectivity index (χ0n) is 27.5. The van der Waals surface area contributed by atoms with E-state index in [1.807, 2.05) is 61.4 Å². The van der Waals surface area contributed by atoms with E-state index in [4.69, 9.17) is 14.7 Å². The summed E-state index contributed by atoms with van der Waals surface area (Å²) in [6.45, 7) is 13.2. The van der Waals surface area contributed by atoms with Gasteiger partial charge in [-0.25, -0.2) is 9.97 Å². The largest absolute Gasteiger partial charge is 0.457 e. The predicted octanol–water partition coefficient (Wildman–Crippen LogP) is 9.85. The SMILES string of the molecule is CC(C)(C)c1ccc(-n2c3ccncc3c3ccc(Oc4ccc5c6cnccc6n(-c6ccc(C(C)(C)C)cn6)c5c4)cc32)nc1. The molecule has 0 fully saturated rings. The topological polar surface area (TPSA) is 70.7 Å². The summed E-state index contributed by atoms with van der Waals surface area (Å²) >= 11 is 0. The number of hydrogen-bond donors (Lipinski definition) is 0. The molecule has 6 heterocycles. The van der Waals surface area contributed by atoms with Crippen molar-refractivity contribution in [2.45, 2.75) is 52.4 Å². The maximum absolute atomic E-state index is 6.60. The lowest BCUT2D eigenvalue weighted by Gasteiger charge is -2.19. The van der Waals surface area contributed by atoms with Crippen LogP contribution in [0.2, 0.25) is 0 Å². The third-order valence-electron chi connectivity index (χ3n) is 9.00. The Kier molecular flexibility index (Phi) is 6.45. The van der Waals surface area contributed by atoms with Crippen LogP contribution in [-0.4, -0.2) is 29.1 Å². The van der Waals surface area contributed by atoms with Crippen molar-refractivity contribution in [1.82, 2.24) is 29.1 Å². The van der Waals surface area contributed by atoms with Crippen LogP contribution < -0.4 is 4.74 Å². The minimum atomic E-state index is 0.0204. The van der Waals surface area contributed by atoms with Gasteiger partial charge in [-0.15, -0.1) is 0 Å². The summed E-state index contributed by atoms with van der Waals surface area (Å²) in [6.07, 6.45) is 11.4. The Bertz CT molecular complexity index is 2270. The van der Waals surface area contributed by atoms with Crippen LogP contribution in [0.25, 0.3) is 55.2 Å². The first-order valence-corrected chi connectivity index (χ1v) is 15.9. The first-order chi connectivity index (χ1) is 22.6. The third-order valence-corrected chi connectivity index (χ3v) is 9.00. The number of pyridine rings is 4. The van der Waals surface area contributed by atoms with Crippen LogP contribution in [0.15, 0.2) is 110 Å². The molecule has 8 rings (SSSR count). The van der Waals surface area contributed by atoms with Crippen LogP contribution in [-0.2, 0) is 10.8 Å². The first kappa shape index (κ1) is 28.9. The third kappa shape index (κ3) is 4.90. The lowest BCUT2D eigenvalue weighted by Crippen LogP contribution is -2.11. The van der Waals surface area contributed by atoms with E-state index in [0.717, 1.165) is 66.7 Å². The lowest BCUT2D eigenvalue weighted by molar-refractivity contribution is 0.484.